The lowest BCUT2D eigenvalue weighted by Gasteiger charge is -2.34. The van der Waals surface area contributed by atoms with Crippen molar-refractivity contribution in [3.05, 3.63) is 27.4 Å². The number of anilines is 1. The molecule has 0 bridgehead atoms. The van der Waals surface area contributed by atoms with Crippen LogP contribution in [0.3, 0.4) is 0 Å². The molecule has 19 heavy (non-hydrogen) atoms. The van der Waals surface area contributed by atoms with Gasteiger partial charge in [-0.3, -0.25) is 10.1 Å². The summed E-state index contributed by atoms with van der Waals surface area (Å²) in [5.74, 6) is 1.02. The largest absolute Gasteiger partial charge is 0.351 e. The average Bonchev–Trinajstić information content (AvgIpc) is 2.37. The molecule has 0 saturated heterocycles. The van der Waals surface area contributed by atoms with E-state index in [2.05, 4.69) is 11.9 Å². The fourth-order valence-electron chi connectivity index (χ4n) is 2.75. The lowest BCUT2D eigenvalue weighted by Crippen LogP contribution is -2.36. The second-order valence-electron chi connectivity index (χ2n) is 5.27. The molecule has 104 valence electrons. The van der Waals surface area contributed by atoms with Crippen molar-refractivity contribution in [1.82, 2.24) is 4.98 Å². The van der Waals surface area contributed by atoms with E-state index in [4.69, 9.17) is 11.6 Å². The van der Waals surface area contributed by atoms with Gasteiger partial charge < -0.3 is 4.90 Å². The Labute approximate surface area is 117 Å². The van der Waals surface area contributed by atoms with Gasteiger partial charge in [0.2, 0.25) is 5.82 Å². The summed E-state index contributed by atoms with van der Waals surface area (Å²) in [4.78, 5) is 16.7. The predicted molar refractivity (Wildman–Crippen MR) is 75.7 cm³/mol. The van der Waals surface area contributed by atoms with E-state index in [-0.39, 0.29) is 10.8 Å². The topological polar surface area (TPSA) is 59.3 Å². The molecule has 0 amide bonds. The Morgan fingerprint density at radius 2 is 2.21 bits per heavy atom. The van der Waals surface area contributed by atoms with Gasteiger partial charge in [-0.15, -0.1) is 0 Å². The van der Waals surface area contributed by atoms with E-state index in [1.54, 1.807) is 0 Å². The first-order valence-electron chi connectivity index (χ1n) is 6.52. The van der Waals surface area contributed by atoms with Gasteiger partial charge in [-0.05, 0) is 24.8 Å². The minimum atomic E-state index is -0.401. The van der Waals surface area contributed by atoms with Gasteiger partial charge in [0.1, 0.15) is 5.15 Å². The van der Waals surface area contributed by atoms with Crippen molar-refractivity contribution in [2.24, 2.45) is 5.92 Å². The summed E-state index contributed by atoms with van der Waals surface area (Å²) < 4.78 is 0. The molecule has 1 saturated carbocycles. The molecule has 0 N–H and O–H groups in total. The van der Waals surface area contributed by atoms with E-state index >= 15 is 0 Å². The molecule has 1 aliphatic rings. The van der Waals surface area contributed by atoms with E-state index in [9.17, 15) is 10.1 Å². The van der Waals surface area contributed by atoms with Crippen molar-refractivity contribution in [1.29, 1.82) is 0 Å². The molecule has 1 fully saturated rings. The van der Waals surface area contributed by atoms with Gasteiger partial charge in [0.25, 0.3) is 0 Å². The van der Waals surface area contributed by atoms with E-state index in [0.717, 1.165) is 19.3 Å². The number of nitrogens with zero attached hydrogens (tertiary/aromatic N) is 3. The molecule has 1 aromatic heterocycles. The number of aromatic nitrogens is 1. The molecule has 6 heteroatoms. The van der Waals surface area contributed by atoms with Crippen molar-refractivity contribution >= 4 is 23.1 Å². The van der Waals surface area contributed by atoms with Crippen molar-refractivity contribution in [2.45, 2.75) is 38.6 Å². The molecule has 1 aromatic rings. The van der Waals surface area contributed by atoms with Crippen molar-refractivity contribution in [3.8, 4) is 0 Å². The van der Waals surface area contributed by atoms with E-state index in [1.165, 1.54) is 18.6 Å². The molecule has 1 heterocycles. The van der Waals surface area contributed by atoms with Gasteiger partial charge in [-0.25, -0.2) is 4.98 Å². The first-order valence-corrected chi connectivity index (χ1v) is 6.90. The van der Waals surface area contributed by atoms with Crippen molar-refractivity contribution in [3.63, 3.8) is 0 Å². The quantitative estimate of drug-likeness (QED) is 0.482. The van der Waals surface area contributed by atoms with Crippen LogP contribution in [-0.2, 0) is 0 Å². The Hall–Kier alpha value is -1.36. The lowest BCUT2D eigenvalue weighted by atomic mass is 9.86. The van der Waals surface area contributed by atoms with Crippen LogP contribution in [-0.4, -0.2) is 23.0 Å². The summed E-state index contributed by atoms with van der Waals surface area (Å²) in [5.41, 5.74) is 0.0186. The fraction of sp³-hybridized carbons (Fsp3) is 0.615. The maximum atomic E-state index is 11.1. The highest BCUT2D eigenvalue weighted by molar-refractivity contribution is 6.29. The normalized spacial score (nSPS) is 23.1. The molecule has 0 aliphatic heterocycles. The second-order valence-corrected chi connectivity index (χ2v) is 5.66. The van der Waals surface area contributed by atoms with Crippen LogP contribution in [0.25, 0.3) is 0 Å². The zero-order chi connectivity index (χ0) is 14.0. The average molecular weight is 284 g/mol. The maximum Gasteiger partial charge on any atom is 0.311 e. The third kappa shape index (κ3) is 3.15. The summed E-state index contributed by atoms with van der Waals surface area (Å²) in [7, 11) is 1.87. The number of nitro groups is 1. The van der Waals surface area contributed by atoms with Crippen LogP contribution in [0.2, 0.25) is 5.15 Å². The van der Waals surface area contributed by atoms with E-state index in [0.29, 0.717) is 17.8 Å². The molecule has 0 aromatic carbocycles. The van der Waals surface area contributed by atoms with Gasteiger partial charge in [0.05, 0.1) is 4.92 Å². The highest BCUT2D eigenvalue weighted by Gasteiger charge is 2.28. The smallest absolute Gasteiger partial charge is 0.311 e. The zero-order valence-electron chi connectivity index (χ0n) is 11.2. The summed E-state index contributed by atoms with van der Waals surface area (Å²) in [5, 5.41) is 11.4. The predicted octanol–water partition coefficient (Wildman–Crippen LogP) is 3.66. The SMILES string of the molecule is CC1CCCC(N(C)c2nc(Cl)ccc2[N+](=O)[O-])C1. The minimum absolute atomic E-state index is 0.0186. The first-order chi connectivity index (χ1) is 8.99. The molecule has 0 radical (unpaired) electrons. The summed E-state index contributed by atoms with van der Waals surface area (Å²) in [6.07, 6.45) is 4.48. The maximum absolute atomic E-state index is 11.1. The standard InChI is InChI=1S/C13H18ClN3O2/c1-9-4-3-5-10(8-9)16(2)13-11(17(18)19)6-7-12(14)15-13/h6-7,9-10H,3-5,8H2,1-2H3. The number of pyridine rings is 1. The third-order valence-corrected chi connectivity index (χ3v) is 4.02. The number of hydrogen-bond acceptors (Lipinski definition) is 4. The monoisotopic (exact) mass is 283 g/mol. The first kappa shape index (κ1) is 14.1. The van der Waals surface area contributed by atoms with Gasteiger partial charge in [-0.2, -0.15) is 0 Å². The van der Waals surface area contributed by atoms with Crippen LogP contribution >= 0.6 is 11.6 Å². The highest BCUT2D eigenvalue weighted by Crippen LogP contribution is 2.33. The number of hydrogen-bond donors (Lipinski definition) is 0. The zero-order valence-corrected chi connectivity index (χ0v) is 11.9. The summed E-state index contributed by atoms with van der Waals surface area (Å²) >= 11 is 5.87. The Balaban J connectivity index is 2.29. The second kappa shape index (κ2) is 5.74. The van der Waals surface area contributed by atoms with Crippen LogP contribution in [0.15, 0.2) is 12.1 Å². The van der Waals surface area contributed by atoms with Crippen LogP contribution in [0.4, 0.5) is 11.5 Å². The molecular weight excluding hydrogens is 266 g/mol. The summed E-state index contributed by atoms with van der Waals surface area (Å²) in [6, 6.07) is 3.18. The number of rotatable bonds is 3. The van der Waals surface area contributed by atoms with Crippen LogP contribution < -0.4 is 4.90 Å². The third-order valence-electron chi connectivity index (χ3n) is 3.81. The van der Waals surface area contributed by atoms with Gasteiger partial charge in [-0.1, -0.05) is 31.4 Å². The van der Waals surface area contributed by atoms with Crippen molar-refractivity contribution < 1.29 is 4.92 Å². The van der Waals surface area contributed by atoms with E-state index in [1.807, 2.05) is 11.9 Å². The van der Waals surface area contributed by atoms with Gasteiger partial charge in [0.15, 0.2) is 0 Å². The summed E-state index contributed by atoms with van der Waals surface area (Å²) in [6.45, 7) is 2.22. The highest BCUT2D eigenvalue weighted by atomic mass is 35.5. The molecule has 2 unspecified atom stereocenters. The fourth-order valence-corrected chi connectivity index (χ4v) is 2.89. The molecular formula is C13H18ClN3O2. The molecule has 2 atom stereocenters. The molecule has 0 spiro atoms. The Kier molecular flexibility index (Phi) is 4.24. The number of halogens is 1. The Morgan fingerprint density at radius 1 is 1.47 bits per heavy atom. The van der Waals surface area contributed by atoms with Gasteiger partial charge in [0, 0.05) is 19.2 Å². The van der Waals surface area contributed by atoms with Crippen molar-refractivity contribution in [2.75, 3.05) is 11.9 Å². The van der Waals surface area contributed by atoms with Crippen LogP contribution in [0.1, 0.15) is 32.6 Å². The van der Waals surface area contributed by atoms with Crippen LogP contribution in [0.5, 0.6) is 0 Å². The molecule has 1 aliphatic carbocycles. The Bertz CT molecular complexity index is 481. The molecule has 5 nitrogen and oxygen atoms in total. The lowest BCUT2D eigenvalue weighted by molar-refractivity contribution is -0.384. The van der Waals surface area contributed by atoms with Gasteiger partial charge >= 0.3 is 5.69 Å². The Morgan fingerprint density at radius 3 is 2.84 bits per heavy atom. The van der Waals surface area contributed by atoms with Crippen LogP contribution in [0, 0.1) is 16.0 Å². The molecule has 2 rings (SSSR count). The minimum Gasteiger partial charge on any atom is -0.351 e. The van der Waals surface area contributed by atoms with E-state index < -0.39 is 4.92 Å².